The van der Waals surface area contributed by atoms with Crippen LogP contribution in [0.1, 0.15) is 24.8 Å². The fourth-order valence-electron chi connectivity index (χ4n) is 2.14. The van der Waals surface area contributed by atoms with E-state index in [1.807, 2.05) is 0 Å². The summed E-state index contributed by atoms with van der Waals surface area (Å²) in [5, 5.41) is 13.2. The SMILES string of the molecule is Oc1c(Cl)cc(F)cc1CC1CCCCN1. The predicted molar refractivity (Wildman–Crippen MR) is 62.4 cm³/mol. The van der Waals surface area contributed by atoms with Gasteiger partial charge in [-0.15, -0.1) is 0 Å². The van der Waals surface area contributed by atoms with E-state index in [4.69, 9.17) is 11.6 Å². The summed E-state index contributed by atoms with van der Waals surface area (Å²) in [5.74, 6) is -0.385. The van der Waals surface area contributed by atoms with Gasteiger partial charge in [0.15, 0.2) is 0 Å². The molecule has 0 aromatic heterocycles. The molecule has 1 aromatic rings. The Balaban J connectivity index is 2.13. The zero-order valence-electron chi connectivity index (χ0n) is 8.97. The van der Waals surface area contributed by atoms with Crippen molar-refractivity contribution in [3.8, 4) is 5.75 Å². The van der Waals surface area contributed by atoms with E-state index in [0.717, 1.165) is 19.0 Å². The smallest absolute Gasteiger partial charge is 0.137 e. The molecule has 1 unspecified atom stereocenters. The molecule has 1 heterocycles. The van der Waals surface area contributed by atoms with E-state index in [9.17, 15) is 9.50 Å². The van der Waals surface area contributed by atoms with Crippen molar-refractivity contribution in [1.82, 2.24) is 5.32 Å². The van der Waals surface area contributed by atoms with E-state index in [2.05, 4.69) is 5.32 Å². The van der Waals surface area contributed by atoms with Gasteiger partial charge in [-0.05, 0) is 43.5 Å². The fraction of sp³-hybridized carbons (Fsp3) is 0.500. The maximum atomic E-state index is 13.1. The molecular weight excluding hydrogens is 229 g/mol. The molecule has 88 valence electrons. The molecule has 1 aliphatic rings. The van der Waals surface area contributed by atoms with Crippen molar-refractivity contribution in [3.05, 3.63) is 28.5 Å². The van der Waals surface area contributed by atoms with E-state index >= 15 is 0 Å². The van der Waals surface area contributed by atoms with Gasteiger partial charge in [-0.3, -0.25) is 0 Å². The molecule has 2 rings (SSSR count). The molecule has 0 spiro atoms. The highest BCUT2D eigenvalue weighted by atomic mass is 35.5. The van der Waals surface area contributed by atoms with Gasteiger partial charge >= 0.3 is 0 Å². The molecule has 0 saturated carbocycles. The third kappa shape index (κ3) is 2.66. The highest BCUT2D eigenvalue weighted by molar-refractivity contribution is 6.32. The first-order chi connectivity index (χ1) is 7.66. The van der Waals surface area contributed by atoms with Crippen molar-refractivity contribution in [2.75, 3.05) is 6.54 Å². The van der Waals surface area contributed by atoms with Crippen LogP contribution in [0.15, 0.2) is 12.1 Å². The number of aromatic hydroxyl groups is 1. The van der Waals surface area contributed by atoms with E-state index in [-0.39, 0.29) is 10.8 Å². The van der Waals surface area contributed by atoms with Crippen molar-refractivity contribution >= 4 is 11.6 Å². The Morgan fingerprint density at radius 3 is 2.94 bits per heavy atom. The van der Waals surface area contributed by atoms with E-state index < -0.39 is 5.82 Å². The van der Waals surface area contributed by atoms with Crippen LogP contribution in [0.5, 0.6) is 5.75 Å². The highest BCUT2D eigenvalue weighted by Gasteiger charge is 2.16. The Morgan fingerprint density at radius 2 is 2.25 bits per heavy atom. The second kappa shape index (κ2) is 5.02. The van der Waals surface area contributed by atoms with Gasteiger partial charge in [-0.2, -0.15) is 0 Å². The molecule has 0 amide bonds. The summed E-state index contributed by atoms with van der Waals surface area (Å²) in [6.07, 6.45) is 4.06. The Morgan fingerprint density at radius 1 is 1.44 bits per heavy atom. The highest BCUT2D eigenvalue weighted by Crippen LogP contribution is 2.30. The Labute approximate surface area is 99.4 Å². The lowest BCUT2D eigenvalue weighted by Gasteiger charge is -2.23. The van der Waals surface area contributed by atoms with Crippen LogP contribution in [0.4, 0.5) is 4.39 Å². The lowest BCUT2D eigenvalue weighted by atomic mass is 9.97. The van der Waals surface area contributed by atoms with E-state index in [1.165, 1.54) is 18.9 Å². The fourth-order valence-corrected chi connectivity index (χ4v) is 2.36. The van der Waals surface area contributed by atoms with Crippen LogP contribution in [0, 0.1) is 5.82 Å². The van der Waals surface area contributed by atoms with Crippen molar-refractivity contribution in [2.45, 2.75) is 31.7 Å². The van der Waals surface area contributed by atoms with Gasteiger partial charge in [0, 0.05) is 6.04 Å². The molecule has 0 bridgehead atoms. The average molecular weight is 244 g/mol. The number of nitrogens with one attached hydrogen (secondary N) is 1. The van der Waals surface area contributed by atoms with Gasteiger partial charge in [0.2, 0.25) is 0 Å². The average Bonchev–Trinajstić information content (AvgIpc) is 2.27. The molecule has 1 atom stereocenters. The first-order valence-electron chi connectivity index (χ1n) is 5.57. The minimum atomic E-state index is -0.395. The Hall–Kier alpha value is -0.800. The van der Waals surface area contributed by atoms with Crippen molar-refractivity contribution in [2.24, 2.45) is 0 Å². The number of phenolic OH excluding ortho intramolecular Hbond substituents is 1. The van der Waals surface area contributed by atoms with Crippen LogP contribution in [0.25, 0.3) is 0 Å². The zero-order valence-corrected chi connectivity index (χ0v) is 9.73. The van der Waals surface area contributed by atoms with Crippen molar-refractivity contribution in [3.63, 3.8) is 0 Å². The lowest BCUT2D eigenvalue weighted by Crippen LogP contribution is -2.35. The summed E-state index contributed by atoms with van der Waals surface area (Å²) in [4.78, 5) is 0. The largest absolute Gasteiger partial charge is 0.506 e. The molecule has 1 fully saturated rings. The second-order valence-electron chi connectivity index (χ2n) is 4.25. The second-order valence-corrected chi connectivity index (χ2v) is 4.65. The number of halogens is 2. The number of piperidine rings is 1. The van der Waals surface area contributed by atoms with Crippen LogP contribution in [0.3, 0.4) is 0 Å². The standard InChI is InChI=1S/C12H15ClFNO/c13-11-7-9(14)5-8(12(11)16)6-10-3-1-2-4-15-10/h5,7,10,15-16H,1-4,6H2. The Kier molecular flexibility index (Phi) is 3.66. The maximum Gasteiger partial charge on any atom is 0.137 e. The van der Waals surface area contributed by atoms with Crippen LogP contribution in [-0.4, -0.2) is 17.7 Å². The van der Waals surface area contributed by atoms with Gasteiger partial charge in [0.1, 0.15) is 11.6 Å². The molecule has 16 heavy (non-hydrogen) atoms. The Bertz CT molecular complexity index is 378. The van der Waals surface area contributed by atoms with E-state index in [0.29, 0.717) is 18.0 Å². The first kappa shape index (κ1) is 11.7. The number of hydrogen-bond donors (Lipinski definition) is 2. The summed E-state index contributed by atoms with van der Waals surface area (Å²) in [6, 6.07) is 2.81. The zero-order chi connectivity index (χ0) is 11.5. The van der Waals surface area contributed by atoms with Crippen molar-refractivity contribution < 1.29 is 9.50 Å². The first-order valence-corrected chi connectivity index (χ1v) is 5.95. The monoisotopic (exact) mass is 243 g/mol. The molecule has 1 aromatic carbocycles. The van der Waals surface area contributed by atoms with E-state index in [1.54, 1.807) is 0 Å². The predicted octanol–water partition coefficient (Wildman–Crippen LogP) is 2.87. The van der Waals surface area contributed by atoms with Gasteiger partial charge in [-0.1, -0.05) is 18.0 Å². The summed E-state index contributed by atoms with van der Waals surface area (Å²) in [6.45, 7) is 0.995. The summed E-state index contributed by atoms with van der Waals surface area (Å²) >= 11 is 5.73. The van der Waals surface area contributed by atoms with Gasteiger partial charge in [0.25, 0.3) is 0 Å². The van der Waals surface area contributed by atoms with Gasteiger partial charge in [0.05, 0.1) is 5.02 Å². The number of phenols is 1. The summed E-state index contributed by atoms with van der Waals surface area (Å²) in [5.41, 5.74) is 0.587. The number of hydrogen-bond acceptors (Lipinski definition) is 2. The quantitative estimate of drug-likeness (QED) is 0.837. The third-order valence-electron chi connectivity index (χ3n) is 2.99. The number of rotatable bonds is 2. The maximum absolute atomic E-state index is 13.1. The molecule has 0 radical (unpaired) electrons. The van der Waals surface area contributed by atoms with Crippen LogP contribution >= 0.6 is 11.6 Å². The van der Waals surface area contributed by atoms with Crippen molar-refractivity contribution in [1.29, 1.82) is 0 Å². The topological polar surface area (TPSA) is 32.3 Å². The summed E-state index contributed by atoms with van der Waals surface area (Å²) in [7, 11) is 0. The van der Waals surface area contributed by atoms with Crippen LogP contribution < -0.4 is 5.32 Å². The molecular formula is C12H15ClFNO. The number of benzene rings is 1. The minimum Gasteiger partial charge on any atom is -0.506 e. The molecule has 0 aliphatic carbocycles. The summed E-state index contributed by atoms with van der Waals surface area (Å²) < 4.78 is 13.1. The lowest BCUT2D eigenvalue weighted by molar-refractivity contribution is 0.391. The minimum absolute atomic E-state index is 0.00967. The van der Waals surface area contributed by atoms with Crippen LogP contribution in [-0.2, 0) is 6.42 Å². The molecule has 1 saturated heterocycles. The normalized spacial score (nSPS) is 21.0. The molecule has 2 nitrogen and oxygen atoms in total. The van der Waals surface area contributed by atoms with Gasteiger partial charge in [-0.25, -0.2) is 4.39 Å². The third-order valence-corrected chi connectivity index (χ3v) is 3.27. The van der Waals surface area contributed by atoms with Gasteiger partial charge < -0.3 is 10.4 Å². The molecule has 1 aliphatic heterocycles. The molecule has 4 heteroatoms. The van der Waals surface area contributed by atoms with Crippen LogP contribution in [0.2, 0.25) is 5.02 Å². The molecule has 2 N–H and O–H groups in total.